The summed E-state index contributed by atoms with van der Waals surface area (Å²) in [6.45, 7) is 0. The van der Waals surface area contributed by atoms with E-state index in [2.05, 4.69) is 21.4 Å². The van der Waals surface area contributed by atoms with Crippen molar-refractivity contribution in [2.45, 2.75) is 6.42 Å². The lowest BCUT2D eigenvalue weighted by molar-refractivity contribution is -0.117. The van der Waals surface area contributed by atoms with E-state index in [0.717, 1.165) is 32.8 Å². The molecule has 1 unspecified atom stereocenters. The van der Waals surface area contributed by atoms with Gasteiger partial charge in [-0.05, 0) is 53.3 Å². The molecule has 3 N–H and O–H groups in total. The van der Waals surface area contributed by atoms with Crippen LogP contribution < -0.4 is 11.1 Å². The van der Waals surface area contributed by atoms with E-state index in [1.807, 2.05) is 48.5 Å². The van der Waals surface area contributed by atoms with Crippen molar-refractivity contribution in [1.82, 2.24) is 9.97 Å². The van der Waals surface area contributed by atoms with Crippen LogP contribution >= 0.6 is 0 Å². The number of benzene rings is 2. The number of amides is 1. The first-order valence-electron chi connectivity index (χ1n) is 9.38. The Labute approximate surface area is 167 Å². The number of anilines is 2. The number of carbonyl (C=O) groups excluding carboxylic acids is 1. The first-order chi connectivity index (χ1) is 14.1. The van der Waals surface area contributed by atoms with Crippen molar-refractivity contribution in [2.24, 2.45) is 11.8 Å². The Bertz CT molecular complexity index is 1320. The Morgan fingerprint density at radius 2 is 2.00 bits per heavy atom. The fourth-order valence-corrected chi connectivity index (χ4v) is 3.70. The smallest absolute Gasteiger partial charge is 0.230 e. The molecule has 0 bridgehead atoms. The zero-order chi connectivity index (χ0) is 20.0. The molecule has 6 heteroatoms. The molecular formula is C23H17N5O. The Morgan fingerprint density at radius 3 is 2.83 bits per heavy atom. The van der Waals surface area contributed by atoms with Crippen LogP contribution in [0.2, 0.25) is 0 Å². The predicted octanol–water partition coefficient (Wildman–Crippen LogP) is 4.13. The standard InChI is InChI=1S/C23H17N5O/c24-11-15-8-18(15)23(29)28-22-10-14-7-13(9-20(25)19(14)12-27-22)16-5-6-26-21-4-2-1-3-17(16)21/h1-7,9-10,12,15,18H,8,25H2,(H,27,28,29)/t15?,18-/m1/s1. The monoisotopic (exact) mass is 379 g/mol. The van der Waals surface area contributed by atoms with E-state index in [9.17, 15) is 4.79 Å². The zero-order valence-corrected chi connectivity index (χ0v) is 15.5. The normalized spacial score (nSPS) is 17.8. The van der Waals surface area contributed by atoms with Gasteiger partial charge in [-0.3, -0.25) is 9.78 Å². The summed E-state index contributed by atoms with van der Waals surface area (Å²) in [7, 11) is 0. The lowest BCUT2D eigenvalue weighted by Gasteiger charge is -2.11. The summed E-state index contributed by atoms with van der Waals surface area (Å²) >= 11 is 0. The van der Waals surface area contributed by atoms with E-state index >= 15 is 0 Å². The molecule has 1 fully saturated rings. The number of nitrogens with one attached hydrogen (secondary N) is 1. The van der Waals surface area contributed by atoms with Crippen molar-refractivity contribution in [3.05, 3.63) is 60.9 Å². The molecule has 0 aliphatic heterocycles. The minimum Gasteiger partial charge on any atom is -0.398 e. The maximum Gasteiger partial charge on any atom is 0.230 e. The largest absolute Gasteiger partial charge is 0.398 e. The summed E-state index contributed by atoms with van der Waals surface area (Å²) in [6, 6.07) is 17.9. The van der Waals surface area contributed by atoms with Gasteiger partial charge < -0.3 is 11.1 Å². The topological polar surface area (TPSA) is 105 Å². The number of fused-ring (bicyclic) bond motifs is 2. The van der Waals surface area contributed by atoms with Crippen LogP contribution in [0.25, 0.3) is 32.8 Å². The van der Waals surface area contributed by atoms with Gasteiger partial charge in [0.15, 0.2) is 0 Å². The third-order valence-electron chi connectivity index (χ3n) is 5.37. The first kappa shape index (κ1) is 17.1. The Hall–Kier alpha value is -3.98. The van der Waals surface area contributed by atoms with Crippen LogP contribution in [0, 0.1) is 23.2 Å². The van der Waals surface area contributed by atoms with Gasteiger partial charge in [-0.2, -0.15) is 5.26 Å². The first-order valence-corrected chi connectivity index (χ1v) is 9.38. The van der Waals surface area contributed by atoms with Crippen LogP contribution in [0.15, 0.2) is 60.9 Å². The molecule has 0 spiro atoms. The van der Waals surface area contributed by atoms with E-state index in [0.29, 0.717) is 17.9 Å². The lowest BCUT2D eigenvalue weighted by Crippen LogP contribution is -2.15. The fourth-order valence-electron chi connectivity index (χ4n) is 3.70. The highest BCUT2D eigenvalue weighted by atomic mass is 16.2. The molecule has 1 amide bonds. The van der Waals surface area contributed by atoms with Crippen molar-refractivity contribution in [1.29, 1.82) is 5.26 Å². The Balaban J connectivity index is 1.56. The maximum atomic E-state index is 12.2. The van der Waals surface area contributed by atoms with Gasteiger partial charge in [-0.25, -0.2) is 4.98 Å². The second-order valence-corrected chi connectivity index (χ2v) is 7.30. The number of hydrogen-bond acceptors (Lipinski definition) is 5. The van der Waals surface area contributed by atoms with E-state index in [4.69, 9.17) is 11.0 Å². The van der Waals surface area contributed by atoms with Crippen molar-refractivity contribution in [2.75, 3.05) is 11.1 Å². The number of nitriles is 1. The lowest BCUT2D eigenvalue weighted by atomic mass is 9.98. The number of carbonyl (C=O) groups is 1. The molecule has 1 saturated carbocycles. The van der Waals surface area contributed by atoms with Gasteiger partial charge in [-0.1, -0.05) is 18.2 Å². The third-order valence-corrected chi connectivity index (χ3v) is 5.37. The quantitative estimate of drug-likeness (QED) is 0.521. The SMILES string of the molecule is N#CC1C[C@H]1C(=O)Nc1cc2cc(-c3ccnc4ccccc34)cc(N)c2cn1. The van der Waals surface area contributed by atoms with Crippen molar-refractivity contribution < 1.29 is 4.79 Å². The van der Waals surface area contributed by atoms with Gasteiger partial charge in [0.05, 0.1) is 23.4 Å². The molecule has 2 aromatic heterocycles. The summed E-state index contributed by atoms with van der Waals surface area (Å²) in [5, 5.41) is 14.5. The van der Waals surface area contributed by atoms with Crippen molar-refractivity contribution in [3.63, 3.8) is 0 Å². The van der Waals surface area contributed by atoms with Crippen LogP contribution in [0.4, 0.5) is 11.5 Å². The number of nitrogen functional groups attached to an aromatic ring is 1. The number of para-hydroxylation sites is 1. The molecule has 5 rings (SSSR count). The molecule has 2 aromatic carbocycles. The third kappa shape index (κ3) is 3.03. The number of pyridine rings is 2. The number of hydrogen-bond donors (Lipinski definition) is 2. The number of aromatic nitrogens is 2. The molecule has 2 atom stereocenters. The molecule has 1 aliphatic rings. The minimum atomic E-state index is -0.239. The van der Waals surface area contributed by atoms with Crippen molar-refractivity contribution in [3.8, 4) is 17.2 Å². The van der Waals surface area contributed by atoms with E-state index in [1.165, 1.54) is 0 Å². The number of nitrogens with zero attached hydrogens (tertiary/aromatic N) is 3. The van der Waals surface area contributed by atoms with Crippen LogP contribution in [0.1, 0.15) is 6.42 Å². The van der Waals surface area contributed by atoms with Crippen LogP contribution in [-0.2, 0) is 4.79 Å². The zero-order valence-electron chi connectivity index (χ0n) is 15.5. The molecule has 6 nitrogen and oxygen atoms in total. The van der Waals surface area contributed by atoms with Crippen molar-refractivity contribution >= 4 is 39.1 Å². The Morgan fingerprint density at radius 1 is 1.14 bits per heavy atom. The summed E-state index contributed by atoms with van der Waals surface area (Å²) in [4.78, 5) is 21.0. The fraction of sp³-hybridized carbons (Fsp3) is 0.130. The average Bonchev–Trinajstić information content (AvgIpc) is 3.53. The second kappa shape index (κ2) is 6.57. The Kier molecular flexibility index (Phi) is 3.88. The van der Waals surface area contributed by atoms with Crippen LogP contribution in [0.3, 0.4) is 0 Å². The average molecular weight is 379 g/mol. The number of rotatable bonds is 3. The highest BCUT2D eigenvalue weighted by molar-refractivity contribution is 6.03. The maximum absolute atomic E-state index is 12.2. The van der Waals surface area contributed by atoms with E-state index < -0.39 is 0 Å². The minimum absolute atomic E-state index is 0.160. The van der Waals surface area contributed by atoms with E-state index in [1.54, 1.807) is 12.4 Å². The molecule has 2 heterocycles. The molecule has 0 saturated heterocycles. The summed E-state index contributed by atoms with van der Waals surface area (Å²) < 4.78 is 0. The molecular weight excluding hydrogens is 362 g/mol. The van der Waals surface area contributed by atoms with Gasteiger partial charge in [0.25, 0.3) is 0 Å². The molecule has 0 radical (unpaired) electrons. The van der Waals surface area contributed by atoms with Gasteiger partial charge >= 0.3 is 0 Å². The number of nitrogens with two attached hydrogens (primary N) is 1. The highest BCUT2D eigenvalue weighted by Gasteiger charge is 2.43. The summed E-state index contributed by atoms with van der Waals surface area (Å²) in [5.74, 6) is -0.121. The van der Waals surface area contributed by atoms with Gasteiger partial charge in [0, 0.05) is 28.9 Å². The van der Waals surface area contributed by atoms with Gasteiger partial charge in [0.1, 0.15) is 5.82 Å². The van der Waals surface area contributed by atoms with Gasteiger partial charge in [0.2, 0.25) is 5.91 Å². The summed E-state index contributed by atoms with van der Waals surface area (Å²) in [5.41, 5.74) is 9.86. The van der Waals surface area contributed by atoms with E-state index in [-0.39, 0.29) is 17.7 Å². The van der Waals surface area contributed by atoms with Gasteiger partial charge in [-0.15, -0.1) is 0 Å². The molecule has 140 valence electrons. The molecule has 29 heavy (non-hydrogen) atoms. The molecule has 1 aliphatic carbocycles. The van der Waals surface area contributed by atoms with Crippen LogP contribution in [0.5, 0.6) is 0 Å². The highest BCUT2D eigenvalue weighted by Crippen LogP contribution is 2.39. The predicted molar refractivity (Wildman–Crippen MR) is 113 cm³/mol. The molecule has 4 aromatic rings. The second-order valence-electron chi connectivity index (χ2n) is 7.30. The van der Waals surface area contributed by atoms with Crippen LogP contribution in [-0.4, -0.2) is 15.9 Å². The summed E-state index contributed by atoms with van der Waals surface area (Å²) in [6.07, 6.45) is 4.07.